The molecule has 4 heteroatoms. The van der Waals surface area contributed by atoms with Crippen molar-refractivity contribution in [3.63, 3.8) is 0 Å². The summed E-state index contributed by atoms with van der Waals surface area (Å²) >= 11 is 1.64. The normalized spacial score (nSPS) is 13.6. The van der Waals surface area contributed by atoms with Gasteiger partial charge in [-0.05, 0) is 18.1 Å². The summed E-state index contributed by atoms with van der Waals surface area (Å²) in [5, 5.41) is 2.92. The minimum atomic E-state index is -0.470. The van der Waals surface area contributed by atoms with Crippen LogP contribution in [-0.2, 0) is 4.79 Å². The topological polar surface area (TPSA) is 55.1 Å². The third kappa shape index (κ3) is 4.73. The molecule has 1 rings (SSSR count). The molecule has 0 saturated heterocycles. The van der Waals surface area contributed by atoms with E-state index in [0.29, 0.717) is 0 Å². The second-order valence-electron chi connectivity index (χ2n) is 4.50. The zero-order chi connectivity index (χ0) is 14.3. The van der Waals surface area contributed by atoms with Gasteiger partial charge in [-0.2, -0.15) is 0 Å². The molecular formula is C15H22N2OS. The third-order valence-electron chi connectivity index (χ3n) is 3.06. The number of hydrogen-bond donors (Lipinski definition) is 2. The van der Waals surface area contributed by atoms with Gasteiger partial charge in [0.1, 0.15) is 0 Å². The van der Waals surface area contributed by atoms with Crippen LogP contribution in [0.15, 0.2) is 41.8 Å². The van der Waals surface area contributed by atoms with Crippen molar-refractivity contribution in [2.75, 3.05) is 11.1 Å². The Balaban J connectivity index is 2.75. The molecule has 104 valence electrons. The Bertz CT molecular complexity index is 434. The Morgan fingerprint density at radius 3 is 2.84 bits per heavy atom. The lowest BCUT2D eigenvalue weighted by Gasteiger charge is -2.18. The number of anilines is 1. The van der Waals surface area contributed by atoms with E-state index in [0.717, 1.165) is 22.8 Å². The standard InChI is InChI=1S/C15H22N2OS/c1-4-10-19-13-9-7-6-8-12(13)17-15(18)14(16)11(3)5-2/h4,6-9,11,14H,1,5,10,16H2,2-3H3,(H,17,18). The molecular weight excluding hydrogens is 256 g/mol. The monoisotopic (exact) mass is 278 g/mol. The lowest BCUT2D eigenvalue weighted by atomic mass is 9.99. The molecule has 1 amide bonds. The van der Waals surface area contributed by atoms with Crippen LogP contribution in [0.5, 0.6) is 0 Å². The summed E-state index contributed by atoms with van der Waals surface area (Å²) in [6.07, 6.45) is 2.73. The number of carbonyl (C=O) groups excluding carboxylic acids is 1. The fourth-order valence-corrected chi connectivity index (χ4v) is 2.32. The number of benzene rings is 1. The number of hydrogen-bond acceptors (Lipinski definition) is 3. The van der Waals surface area contributed by atoms with Gasteiger partial charge in [0.05, 0.1) is 11.7 Å². The van der Waals surface area contributed by atoms with Crippen molar-refractivity contribution in [3.05, 3.63) is 36.9 Å². The fourth-order valence-electron chi connectivity index (χ4n) is 1.57. The minimum absolute atomic E-state index is 0.124. The summed E-state index contributed by atoms with van der Waals surface area (Å²) in [6.45, 7) is 7.72. The average molecular weight is 278 g/mol. The van der Waals surface area contributed by atoms with Crippen molar-refractivity contribution in [1.82, 2.24) is 0 Å². The molecule has 0 radical (unpaired) electrons. The van der Waals surface area contributed by atoms with Crippen LogP contribution in [0.3, 0.4) is 0 Å². The van der Waals surface area contributed by atoms with Gasteiger partial charge >= 0.3 is 0 Å². The van der Waals surface area contributed by atoms with Gasteiger partial charge in [-0.25, -0.2) is 0 Å². The molecule has 0 bridgehead atoms. The van der Waals surface area contributed by atoms with Crippen LogP contribution in [0.25, 0.3) is 0 Å². The van der Waals surface area contributed by atoms with Crippen molar-refractivity contribution in [2.24, 2.45) is 11.7 Å². The van der Waals surface area contributed by atoms with Gasteiger partial charge in [-0.3, -0.25) is 4.79 Å². The van der Waals surface area contributed by atoms with Crippen LogP contribution >= 0.6 is 11.8 Å². The van der Waals surface area contributed by atoms with Gasteiger partial charge in [-0.1, -0.05) is 38.5 Å². The first-order valence-corrected chi connectivity index (χ1v) is 7.47. The third-order valence-corrected chi connectivity index (χ3v) is 4.13. The van der Waals surface area contributed by atoms with E-state index < -0.39 is 6.04 Å². The van der Waals surface area contributed by atoms with E-state index in [1.165, 1.54) is 0 Å². The zero-order valence-corrected chi connectivity index (χ0v) is 12.4. The van der Waals surface area contributed by atoms with Crippen LogP contribution in [-0.4, -0.2) is 17.7 Å². The Hall–Kier alpha value is -1.26. The number of rotatable bonds is 7. The predicted molar refractivity (Wildman–Crippen MR) is 83.4 cm³/mol. The molecule has 0 fully saturated rings. The molecule has 2 unspecified atom stereocenters. The van der Waals surface area contributed by atoms with E-state index in [-0.39, 0.29) is 11.8 Å². The summed E-state index contributed by atoms with van der Waals surface area (Å²) in [6, 6.07) is 7.27. The number of nitrogens with two attached hydrogens (primary N) is 1. The van der Waals surface area contributed by atoms with Gasteiger partial charge in [0.25, 0.3) is 0 Å². The summed E-state index contributed by atoms with van der Waals surface area (Å²) in [7, 11) is 0. The summed E-state index contributed by atoms with van der Waals surface area (Å²) in [4.78, 5) is 13.1. The lowest BCUT2D eigenvalue weighted by molar-refractivity contribution is -0.118. The van der Waals surface area contributed by atoms with Crippen LogP contribution in [0.4, 0.5) is 5.69 Å². The van der Waals surface area contributed by atoms with E-state index in [1.807, 2.05) is 44.2 Å². The van der Waals surface area contributed by atoms with Gasteiger partial charge in [-0.15, -0.1) is 18.3 Å². The molecule has 0 aliphatic rings. The number of para-hydroxylation sites is 1. The molecule has 1 aromatic rings. The van der Waals surface area contributed by atoms with Crippen LogP contribution in [0.2, 0.25) is 0 Å². The first kappa shape index (κ1) is 15.8. The molecule has 19 heavy (non-hydrogen) atoms. The Labute approximate surface area is 119 Å². The van der Waals surface area contributed by atoms with E-state index >= 15 is 0 Å². The number of carbonyl (C=O) groups is 1. The van der Waals surface area contributed by atoms with Crippen molar-refractivity contribution < 1.29 is 4.79 Å². The molecule has 2 atom stereocenters. The quantitative estimate of drug-likeness (QED) is 0.594. The van der Waals surface area contributed by atoms with E-state index in [2.05, 4.69) is 11.9 Å². The molecule has 0 spiro atoms. The molecule has 0 aromatic heterocycles. The van der Waals surface area contributed by atoms with Crippen molar-refractivity contribution in [2.45, 2.75) is 31.2 Å². The highest BCUT2D eigenvalue weighted by Crippen LogP contribution is 2.27. The van der Waals surface area contributed by atoms with Gasteiger partial charge < -0.3 is 11.1 Å². The largest absolute Gasteiger partial charge is 0.324 e. The molecule has 3 nitrogen and oxygen atoms in total. The second-order valence-corrected chi connectivity index (χ2v) is 5.56. The van der Waals surface area contributed by atoms with Crippen LogP contribution < -0.4 is 11.1 Å². The SMILES string of the molecule is C=CCSc1ccccc1NC(=O)C(N)C(C)CC. The molecule has 0 heterocycles. The molecule has 0 aliphatic carbocycles. The number of thioether (sulfide) groups is 1. The highest BCUT2D eigenvalue weighted by molar-refractivity contribution is 7.99. The summed E-state index contributed by atoms with van der Waals surface area (Å²) in [5.41, 5.74) is 6.75. The predicted octanol–water partition coefficient (Wildman–Crippen LogP) is 3.28. The van der Waals surface area contributed by atoms with E-state index in [9.17, 15) is 4.79 Å². The Morgan fingerprint density at radius 2 is 2.21 bits per heavy atom. The Morgan fingerprint density at radius 1 is 1.53 bits per heavy atom. The van der Waals surface area contributed by atoms with E-state index in [1.54, 1.807) is 11.8 Å². The fraction of sp³-hybridized carbons (Fsp3) is 0.400. The van der Waals surface area contributed by atoms with Crippen molar-refractivity contribution in [3.8, 4) is 0 Å². The lowest BCUT2D eigenvalue weighted by Crippen LogP contribution is -2.40. The van der Waals surface area contributed by atoms with Gasteiger partial charge in [0.15, 0.2) is 0 Å². The maximum absolute atomic E-state index is 12.1. The molecule has 0 saturated carbocycles. The van der Waals surface area contributed by atoms with E-state index in [4.69, 9.17) is 5.73 Å². The van der Waals surface area contributed by atoms with Gasteiger partial charge in [0.2, 0.25) is 5.91 Å². The number of amides is 1. The minimum Gasteiger partial charge on any atom is -0.324 e. The summed E-state index contributed by atoms with van der Waals surface area (Å²) < 4.78 is 0. The first-order chi connectivity index (χ1) is 9.10. The Kier molecular flexibility index (Phi) is 6.67. The maximum Gasteiger partial charge on any atom is 0.241 e. The van der Waals surface area contributed by atoms with Gasteiger partial charge in [0, 0.05) is 10.6 Å². The molecule has 0 aliphatic heterocycles. The van der Waals surface area contributed by atoms with Crippen LogP contribution in [0, 0.1) is 5.92 Å². The molecule has 1 aromatic carbocycles. The highest BCUT2D eigenvalue weighted by Gasteiger charge is 2.20. The zero-order valence-electron chi connectivity index (χ0n) is 11.6. The highest BCUT2D eigenvalue weighted by atomic mass is 32.2. The summed E-state index contributed by atoms with van der Waals surface area (Å²) in [5.74, 6) is 0.860. The maximum atomic E-state index is 12.1. The second kappa shape index (κ2) is 8.02. The average Bonchev–Trinajstić information content (AvgIpc) is 2.44. The van der Waals surface area contributed by atoms with Crippen LogP contribution in [0.1, 0.15) is 20.3 Å². The van der Waals surface area contributed by atoms with Crippen molar-refractivity contribution >= 4 is 23.4 Å². The molecule has 3 N–H and O–H groups in total. The van der Waals surface area contributed by atoms with Crippen molar-refractivity contribution in [1.29, 1.82) is 0 Å². The first-order valence-electron chi connectivity index (χ1n) is 6.49. The smallest absolute Gasteiger partial charge is 0.241 e. The number of nitrogens with one attached hydrogen (secondary N) is 1.